The third-order valence-electron chi connectivity index (χ3n) is 4.90. The van der Waals surface area contributed by atoms with E-state index in [4.69, 9.17) is 23.2 Å². The number of likely N-dealkylation sites (N-methyl/N-ethyl adjacent to an activating group) is 1. The molecule has 0 atom stereocenters. The molecular weight excluding hydrogens is 510 g/mol. The minimum atomic E-state index is -4.59. The van der Waals surface area contributed by atoms with Crippen LogP contribution in [0.15, 0.2) is 46.3 Å². The fraction of sp³-hybridized carbons (Fsp3) is 0.227. The van der Waals surface area contributed by atoms with Crippen LogP contribution in [0.3, 0.4) is 0 Å². The van der Waals surface area contributed by atoms with Gasteiger partial charge in [-0.15, -0.1) is 0 Å². The third kappa shape index (κ3) is 5.25. The summed E-state index contributed by atoms with van der Waals surface area (Å²) in [6.45, 7) is 0.519. The van der Waals surface area contributed by atoms with E-state index in [1.807, 2.05) is 0 Å². The number of nitrogens with zero attached hydrogens (tertiary/aromatic N) is 4. The summed E-state index contributed by atoms with van der Waals surface area (Å²) in [5, 5.41) is 3.62. The molecule has 1 fully saturated rings. The number of rotatable bonds is 5. The van der Waals surface area contributed by atoms with Crippen LogP contribution in [0, 0.1) is 0 Å². The van der Waals surface area contributed by atoms with Crippen molar-refractivity contribution in [2.75, 3.05) is 20.6 Å². The molecule has 0 aliphatic carbocycles. The molecule has 1 aliphatic heterocycles. The van der Waals surface area contributed by atoms with E-state index in [-0.39, 0.29) is 18.0 Å². The molecule has 4 rings (SSSR count). The molecule has 1 N–H and O–H groups in total. The van der Waals surface area contributed by atoms with Gasteiger partial charge in [0.1, 0.15) is 5.69 Å². The van der Waals surface area contributed by atoms with Crippen LogP contribution in [0.5, 0.6) is 0 Å². The van der Waals surface area contributed by atoms with Gasteiger partial charge in [0.2, 0.25) is 5.82 Å². The maximum absolute atomic E-state index is 13.6. The Kier molecular flexibility index (Phi) is 6.95. The number of amidine groups is 1. The molecule has 1 aromatic heterocycles. The van der Waals surface area contributed by atoms with Crippen molar-refractivity contribution >= 4 is 68.8 Å². The second-order valence-electron chi connectivity index (χ2n) is 7.69. The van der Waals surface area contributed by atoms with Crippen molar-refractivity contribution in [3.05, 3.63) is 62.7 Å². The molecule has 0 saturated carbocycles. The van der Waals surface area contributed by atoms with E-state index in [1.54, 1.807) is 55.4 Å². The molecule has 3 aromatic rings. The number of nitrogens with one attached hydrogen (secondary N) is 1. The van der Waals surface area contributed by atoms with Crippen LogP contribution in [0.2, 0.25) is 10.0 Å². The Morgan fingerprint density at radius 1 is 1.21 bits per heavy atom. The number of hydrogen-bond donors (Lipinski definition) is 1. The third-order valence-corrected chi connectivity index (χ3v) is 6.42. The molecule has 0 bridgehead atoms. The van der Waals surface area contributed by atoms with Crippen LogP contribution < -0.4 is 5.32 Å². The van der Waals surface area contributed by atoms with E-state index in [0.29, 0.717) is 43.4 Å². The number of halogens is 5. The summed E-state index contributed by atoms with van der Waals surface area (Å²) >= 11 is 13.4. The second-order valence-corrected chi connectivity index (χ2v) is 9.53. The summed E-state index contributed by atoms with van der Waals surface area (Å²) in [6, 6.07) is 9.67. The van der Waals surface area contributed by atoms with Gasteiger partial charge in [0.15, 0.2) is 5.17 Å². The number of aromatic nitrogens is 2. The van der Waals surface area contributed by atoms with Crippen molar-refractivity contribution in [2.45, 2.75) is 12.7 Å². The van der Waals surface area contributed by atoms with Crippen LogP contribution in [0.1, 0.15) is 11.4 Å². The number of benzene rings is 2. The summed E-state index contributed by atoms with van der Waals surface area (Å²) in [5.41, 5.74) is 1.46. The lowest BCUT2D eigenvalue weighted by Crippen LogP contribution is -2.22. The number of fused-ring (bicyclic) bond motifs is 1. The van der Waals surface area contributed by atoms with E-state index in [0.717, 1.165) is 16.3 Å². The van der Waals surface area contributed by atoms with Crippen LogP contribution in [-0.2, 0) is 17.5 Å². The smallest absolute Gasteiger partial charge is 0.319 e. The molecule has 34 heavy (non-hydrogen) atoms. The Morgan fingerprint density at radius 3 is 2.56 bits per heavy atom. The minimum Gasteiger partial charge on any atom is -0.319 e. The Labute approximate surface area is 207 Å². The van der Waals surface area contributed by atoms with E-state index >= 15 is 0 Å². The van der Waals surface area contributed by atoms with Crippen LogP contribution in [-0.4, -0.2) is 46.2 Å². The summed E-state index contributed by atoms with van der Waals surface area (Å²) < 4.78 is 41.9. The number of imidazole rings is 1. The first-order valence-corrected chi connectivity index (χ1v) is 11.6. The maximum atomic E-state index is 13.6. The zero-order chi connectivity index (χ0) is 24.6. The van der Waals surface area contributed by atoms with Crippen LogP contribution in [0.25, 0.3) is 17.1 Å². The molecule has 1 saturated heterocycles. The first kappa shape index (κ1) is 24.6. The molecule has 12 heteroatoms. The lowest BCUT2D eigenvalue weighted by Gasteiger charge is -2.14. The van der Waals surface area contributed by atoms with Crippen molar-refractivity contribution in [3.8, 4) is 0 Å². The van der Waals surface area contributed by atoms with Gasteiger partial charge in [0, 0.05) is 13.1 Å². The highest BCUT2D eigenvalue weighted by molar-refractivity contribution is 8.18. The standard InChI is InChI=1S/C22H18Cl2F3N5OS/c1-31(2)8-9-32-16-10-12(6-7-15(16)28-20(32)22(25,26)27)11-17-19(33)30-21(34-17)29-18-13(23)4-3-5-14(18)24/h3-7,10-11H,8-9H2,1-2H3,(H,29,30,33)/b17-11+. The number of para-hydroxylation sites is 1. The fourth-order valence-electron chi connectivity index (χ4n) is 3.30. The van der Waals surface area contributed by atoms with E-state index in [1.165, 1.54) is 6.07 Å². The van der Waals surface area contributed by atoms with Crippen LogP contribution >= 0.6 is 35.0 Å². The monoisotopic (exact) mass is 527 g/mol. The molecule has 6 nitrogen and oxygen atoms in total. The maximum Gasteiger partial charge on any atom is 0.449 e. The molecule has 1 amide bonds. The van der Waals surface area contributed by atoms with Gasteiger partial charge in [0.05, 0.1) is 26.0 Å². The number of alkyl halides is 3. The van der Waals surface area contributed by atoms with Crippen molar-refractivity contribution < 1.29 is 18.0 Å². The van der Waals surface area contributed by atoms with Crippen molar-refractivity contribution in [2.24, 2.45) is 4.99 Å². The predicted molar refractivity (Wildman–Crippen MR) is 131 cm³/mol. The normalized spacial score (nSPS) is 16.9. The Morgan fingerprint density at radius 2 is 1.91 bits per heavy atom. The number of hydrogen-bond acceptors (Lipinski definition) is 5. The van der Waals surface area contributed by atoms with E-state index < -0.39 is 12.0 Å². The number of carbonyl (C=O) groups is 1. The SMILES string of the molecule is CN(C)CCn1c(C(F)(F)F)nc2ccc(/C=C3/SC(=Nc4c(Cl)cccc4Cl)NC3=O)cc21. The highest BCUT2D eigenvalue weighted by Crippen LogP contribution is 2.36. The molecule has 0 spiro atoms. The average molecular weight is 528 g/mol. The van der Waals surface area contributed by atoms with Gasteiger partial charge in [-0.05, 0) is 61.8 Å². The fourth-order valence-corrected chi connectivity index (χ4v) is 4.61. The predicted octanol–water partition coefficient (Wildman–Crippen LogP) is 5.82. The molecular formula is C22H18Cl2F3N5OS. The topological polar surface area (TPSA) is 62.5 Å². The quantitative estimate of drug-likeness (QED) is 0.425. The molecule has 0 radical (unpaired) electrons. The highest BCUT2D eigenvalue weighted by atomic mass is 35.5. The lowest BCUT2D eigenvalue weighted by atomic mass is 10.2. The summed E-state index contributed by atoms with van der Waals surface area (Å²) in [4.78, 5) is 22.7. The molecule has 1 aliphatic rings. The van der Waals surface area contributed by atoms with Gasteiger partial charge >= 0.3 is 6.18 Å². The number of aliphatic imine (C=N–C) groups is 1. The summed E-state index contributed by atoms with van der Waals surface area (Å²) in [6.07, 6.45) is -3.00. The first-order valence-electron chi connectivity index (χ1n) is 9.99. The number of thioether (sulfide) groups is 1. The molecule has 0 unspecified atom stereocenters. The van der Waals surface area contributed by atoms with E-state index in [9.17, 15) is 18.0 Å². The largest absolute Gasteiger partial charge is 0.449 e. The summed E-state index contributed by atoms with van der Waals surface area (Å²) in [7, 11) is 3.57. The van der Waals surface area contributed by atoms with Gasteiger partial charge in [-0.2, -0.15) is 13.2 Å². The number of carbonyl (C=O) groups excluding carboxylic acids is 1. The highest BCUT2D eigenvalue weighted by Gasteiger charge is 2.37. The van der Waals surface area contributed by atoms with Crippen molar-refractivity contribution in [3.63, 3.8) is 0 Å². The van der Waals surface area contributed by atoms with Crippen molar-refractivity contribution in [1.82, 2.24) is 19.8 Å². The Bertz CT molecular complexity index is 1310. The van der Waals surface area contributed by atoms with Gasteiger partial charge in [-0.25, -0.2) is 9.98 Å². The average Bonchev–Trinajstić information content (AvgIpc) is 3.29. The van der Waals surface area contributed by atoms with Gasteiger partial charge in [0.25, 0.3) is 5.91 Å². The summed E-state index contributed by atoms with van der Waals surface area (Å²) in [5.74, 6) is -1.34. The van der Waals surface area contributed by atoms with Crippen molar-refractivity contribution in [1.29, 1.82) is 0 Å². The Hall–Kier alpha value is -2.53. The molecule has 178 valence electrons. The van der Waals surface area contributed by atoms with Gasteiger partial charge in [-0.3, -0.25) is 4.79 Å². The lowest BCUT2D eigenvalue weighted by molar-refractivity contribution is -0.147. The molecule has 2 aromatic carbocycles. The minimum absolute atomic E-state index is 0.114. The first-order chi connectivity index (χ1) is 16.0. The van der Waals surface area contributed by atoms with Gasteiger partial charge in [-0.1, -0.05) is 35.3 Å². The van der Waals surface area contributed by atoms with E-state index in [2.05, 4.69) is 15.3 Å². The Balaban J connectivity index is 1.69. The second kappa shape index (κ2) is 9.61. The zero-order valence-corrected chi connectivity index (χ0v) is 20.3. The van der Waals surface area contributed by atoms with Crippen LogP contribution in [0.4, 0.5) is 18.9 Å². The zero-order valence-electron chi connectivity index (χ0n) is 18.0. The van der Waals surface area contributed by atoms with Gasteiger partial charge < -0.3 is 14.8 Å². The number of amides is 1. The molecule has 2 heterocycles.